The van der Waals surface area contributed by atoms with Gasteiger partial charge in [0.25, 0.3) is 0 Å². The Morgan fingerprint density at radius 2 is 2.18 bits per heavy atom. The maximum Gasteiger partial charge on any atom is 0.221 e. The lowest BCUT2D eigenvalue weighted by Crippen LogP contribution is -2.26. The second-order valence-corrected chi connectivity index (χ2v) is 7.38. The van der Waals surface area contributed by atoms with Crippen LogP contribution >= 0.6 is 0 Å². The number of hydrogen-bond acceptors (Lipinski definition) is 3. The zero-order valence-electron chi connectivity index (χ0n) is 15.9. The number of fused-ring (bicyclic) bond motifs is 2. The van der Waals surface area contributed by atoms with E-state index in [2.05, 4.69) is 11.2 Å². The summed E-state index contributed by atoms with van der Waals surface area (Å²) in [4.78, 5) is 16.5. The Kier molecular flexibility index (Phi) is 4.31. The van der Waals surface area contributed by atoms with Crippen LogP contribution in [-0.2, 0) is 24.2 Å². The molecule has 3 aromatic rings. The van der Waals surface area contributed by atoms with Crippen LogP contribution in [0, 0.1) is 31.1 Å². The molecule has 1 amide bonds. The highest BCUT2D eigenvalue weighted by atomic mass is 19.1. The molecular formula is C22H21FN4O. The molecular weight excluding hydrogens is 355 g/mol. The maximum atomic E-state index is 15.4. The molecule has 2 aromatic carbocycles. The first kappa shape index (κ1) is 18.1. The van der Waals surface area contributed by atoms with E-state index in [1.54, 1.807) is 4.90 Å². The van der Waals surface area contributed by atoms with E-state index in [0.29, 0.717) is 30.6 Å². The molecule has 5 nitrogen and oxygen atoms in total. The lowest BCUT2D eigenvalue weighted by atomic mass is 9.87. The van der Waals surface area contributed by atoms with E-state index >= 15 is 4.39 Å². The molecule has 1 aromatic heterocycles. The normalized spacial score (nSPS) is 13.4. The fourth-order valence-electron chi connectivity index (χ4n) is 4.21. The van der Waals surface area contributed by atoms with Crippen molar-refractivity contribution in [2.75, 3.05) is 6.54 Å². The summed E-state index contributed by atoms with van der Waals surface area (Å²) >= 11 is 0. The number of halogens is 1. The number of carbonyl (C=O) groups is 1. The second kappa shape index (κ2) is 6.68. The molecule has 3 N–H and O–H groups in total. The van der Waals surface area contributed by atoms with Crippen molar-refractivity contribution in [3.05, 3.63) is 58.0 Å². The molecule has 1 aliphatic heterocycles. The Morgan fingerprint density at radius 3 is 2.89 bits per heavy atom. The zero-order chi connectivity index (χ0) is 20.0. The third kappa shape index (κ3) is 2.80. The first-order chi connectivity index (χ1) is 13.4. The SMILES string of the molecule is Cc1[nH]c2c(CC(N)=O)cc(F)c(-c3cccc4c3CCN(C#N)C4)c2c1C. The van der Waals surface area contributed by atoms with Gasteiger partial charge in [-0.15, -0.1) is 0 Å². The quantitative estimate of drug-likeness (QED) is 0.687. The van der Waals surface area contributed by atoms with Crippen LogP contribution in [0.25, 0.3) is 22.0 Å². The van der Waals surface area contributed by atoms with Crippen LogP contribution in [-0.4, -0.2) is 22.3 Å². The van der Waals surface area contributed by atoms with E-state index in [-0.39, 0.29) is 12.2 Å². The smallest absolute Gasteiger partial charge is 0.221 e. The van der Waals surface area contributed by atoms with Crippen molar-refractivity contribution in [2.45, 2.75) is 33.2 Å². The van der Waals surface area contributed by atoms with Gasteiger partial charge in [0.2, 0.25) is 5.91 Å². The van der Waals surface area contributed by atoms with Gasteiger partial charge in [-0.05, 0) is 54.2 Å². The molecule has 2 heterocycles. The summed E-state index contributed by atoms with van der Waals surface area (Å²) in [5.41, 5.74) is 12.1. The van der Waals surface area contributed by atoms with Crippen LogP contribution in [0.2, 0.25) is 0 Å². The van der Waals surface area contributed by atoms with Gasteiger partial charge in [-0.2, -0.15) is 5.26 Å². The summed E-state index contributed by atoms with van der Waals surface area (Å²) in [6.45, 7) is 5.06. The number of nitrogens with one attached hydrogen (secondary N) is 1. The molecule has 0 aliphatic carbocycles. The number of primary amides is 1. The highest BCUT2D eigenvalue weighted by Gasteiger charge is 2.24. The lowest BCUT2D eigenvalue weighted by Gasteiger charge is -2.26. The fraction of sp³-hybridized carbons (Fsp3) is 0.273. The zero-order valence-corrected chi connectivity index (χ0v) is 15.9. The van der Waals surface area contributed by atoms with Gasteiger partial charge in [0.05, 0.1) is 18.5 Å². The van der Waals surface area contributed by atoms with Crippen LogP contribution < -0.4 is 5.73 Å². The predicted octanol–water partition coefficient (Wildman–Crippen LogP) is 3.46. The monoisotopic (exact) mass is 376 g/mol. The molecule has 4 rings (SSSR count). The number of hydrogen-bond donors (Lipinski definition) is 2. The van der Waals surface area contributed by atoms with Crippen LogP contribution in [0.15, 0.2) is 24.3 Å². The highest BCUT2D eigenvalue weighted by molar-refractivity contribution is 6.02. The molecule has 0 fully saturated rings. The Morgan fingerprint density at radius 1 is 1.39 bits per heavy atom. The molecule has 0 unspecified atom stereocenters. The van der Waals surface area contributed by atoms with E-state index in [0.717, 1.165) is 38.9 Å². The minimum atomic E-state index is -0.493. The second-order valence-electron chi connectivity index (χ2n) is 7.38. The molecule has 0 radical (unpaired) electrons. The topological polar surface area (TPSA) is 85.9 Å². The number of amides is 1. The number of aromatic nitrogens is 1. The van der Waals surface area contributed by atoms with Gasteiger partial charge in [-0.1, -0.05) is 18.2 Å². The summed E-state index contributed by atoms with van der Waals surface area (Å²) in [5.74, 6) is -0.853. The van der Waals surface area contributed by atoms with Gasteiger partial charge in [0.1, 0.15) is 5.82 Å². The molecule has 0 spiro atoms. The van der Waals surface area contributed by atoms with Gasteiger partial charge in [-0.25, -0.2) is 4.39 Å². The van der Waals surface area contributed by atoms with Gasteiger partial charge in [0, 0.05) is 23.2 Å². The number of aryl methyl sites for hydroxylation is 2. The van der Waals surface area contributed by atoms with Crippen LogP contribution in [0.3, 0.4) is 0 Å². The number of nitrogens with two attached hydrogens (primary N) is 1. The molecule has 142 valence electrons. The summed E-state index contributed by atoms with van der Waals surface area (Å²) < 4.78 is 15.4. The number of rotatable bonds is 3. The summed E-state index contributed by atoms with van der Waals surface area (Å²) in [6, 6.07) is 7.26. The number of nitriles is 1. The molecule has 0 atom stereocenters. The van der Waals surface area contributed by atoms with Crippen molar-refractivity contribution in [2.24, 2.45) is 5.73 Å². The fourth-order valence-corrected chi connectivity index (χ4v) is 4.21. The van der Waals surface area contributed by atoms with E-state index in [1.807, 2.05) is 32.0 Å². The highest BCUT2D eigenvalue weighted by Crippen LogP contribution is 2.40. The average molecular weight is 376 g/mol. The van der Waals surface area contributed by atoms with Gasteiger partial charge in [0.15, 0.2) is 6.19 Å². The molecule has 1 aliphatic rings. The number of aromatic amines is 1. The molecule has 0 saturated heterocycles. The minimum Gasteiger partial charge on any atom is -0.369 e. The molecule has 28 heavy (non-hydrogen) atoms. The van der Waals surface area contributed by atoms with Crippen LogP contribution in [0.1, 0.15) is 27.9 Å². The van der Waals surface area contributed by atoms with Crippen molar-refractivity contribution < 1.29 is 9.18 Å². The molecule has 0 saturated carbocycles. The Bertz CT molecular complexity index is 1160. The number of nitrogens with zero attached hydrogens (tertiary/aromatic N) is 2. The van der Waals surface area contributed by atoms with E-state index in [9.17, 15) is 10.1 Å². The van der Waals surface area contributed by atoms with Crippen molar-refractivity contribution >= 4 is 16.8 Å². The average Bonchev–Trinajstić information content (AvgIpc) is 2.96. The summed E-state index contributed by atoms with van der Waals surface area (Å²) in [5, 5.41) is 10.0. The number of H-pyrrole nitrogens is 1. The molecule has 0 bridgehead atoms. The van der Waals surface area contributed by atoms with Crippen molar-refractivity contribution in [3.8, 4) is 17.3 Å². The summed E-state index contributed by atoms with van der Waals surface area (Å²) in [6.07, 6.45) is 2.86. The first-order valence-corrected chi connectivity index (χ1v) is 9.25. The van der Waals surface area contributed by atoms with E-state index in [4.69, 9.17) is 5.73 Å². The largest absolute Gasteiger partial charge is 0.369 e. The third-order valence-corrected chi connectivity index (χ3v) is 5.65. The maximum absolute atomic E-state index is 15.4. The Balaban J connectivity index is 2.00. The van der Waals surface area contributed by atoms with Crippen molar-refractivity contribution in [1.82, 2.24) is 9.88 Å². The van der Waals surface area contributed by atoms with Crippen molar-refractivity contribution in [1.29, 1.82) is 5.26 Å². The minimum absolute atomic E-state index is 0.0167. The Labute approximate surface area is 162 Å². The van der Waals surface area contributed by atoms with Crippen molar-refractivity contribution in [3.63, 3.8) is 0 Å². The predicted molar refractivity (Wildman–Crippen MR) is 106 cm³/mol. The Hall–Kier alpha value is -3.33. The third-order valence-electron chi connectivity index (χ3n) is 5.65. The van der Waals surface area contributed by atoms with Gasteiger partial charge < -0.3 is 15.6 Å². The number of carbonyl (C=O) groups excluding carboxylic acids is 1. The lowest BCUT2D eigenvalue weighted by molar-refractivity contribution is -0.117. The van der Waals surface area contributed by atoms with Crippen LogP contribution in [0.4, 0.5) is 4.39 Å². The summed E-state index contributed by atoms with van der Waals surface area (Å²) in [7, 11) is 0. The first-order valence-electron chi connectivity index (χ1n) is 9.25. The van der Waals surface area contributed by atoms with E-state index in [1.165, 1.54) is 6.07 Å². The number of benzene rings is 2. The van der Waals surface area contributed by atoms with E-state index < -0.39 is 5.91 Å². The van der Waals surface area contributed by atoms with Gasteiger partial charge in [-0.3, -0.25) is 4.79 Å². The standard InChI is InChI=1S/C22H21FN4O/c1-12-13(2)26-22-15(9-19(25)28)8-18(23)21(20(12)22)17-5-3-4-14-10-27(11-24)7-6-16(14)17/h3-5,8,26H,6-7,9-10H2,1-2H3,(H2,25,28). The molecule has 6 heteroatoms. The van der Waals surface area contributed by atoms with Crippen LogP contribution in [0.5, 0.6) is 0 Å². The van der Waals surface area contributed by atoms with Gasteiger partial charge >= 0.3 is 0 Å².